The molecular weight excluding hydrogens is 330 g/mol. The largest absolute Gasteiger partial charge is 0.488 e. The van der Waals surface area contributed by atoms with Crippen LogP contribution in [0.1, 0.15) is 32.9 Å². The molecule has 3 aromatic rings. The van der Waals surface area contributed by atoms with E-state index in [-0.39, 0.29) is 12.5 Å². The lowest BCUT2D eigenvalue weighted by Crippen LogP contribution is -2.14. The number of carbonyl (C=O) groups excluding carboxylic acids is 1. The molecule has 0 fully saturated rings. The molecule has 3 rings (SSSR count). The van der Waals surface area contributed by atoms with Crippen LogP contribution in [0.25, 0.3) is 0 Å². The molecular formula is C20H17N3O3. The molecule has 1 heterocycles. The van der Waals surface area contributed by atoms with Crippen molar-refractivity contribution in [2.75, 3.05) is 5.32 Å². The van der Waals surface area contributed by atoms with Gasteiger partial charge in [-0.3, -0.25) is 4.79 Å². The second-order valence-electron chi connectivity index (χ2n) is 5.73. The number of aryl methyl sites for hydroxylation is 2. The lowest BCUT2D eigenvalue weighted by atomic mass is 10.1. The molecule has 2 aromatic carbocycles. The molecule has 0 unspecified atom stereocenters. The molecule has 130 valence electrons. The zero-order chi connectivity index (χ0) is 18.5. The Morgan fingerprint density at radius 2 is 2.04 bits per heavy atom. The summed E-state index contributed by atoms with van der Waals surface area (Å²) in [6.45, 7) is 3.92. The fourth-order valence-corrected chi connectivity index (χ4v) is 2.50. The number of amides is 1. The van der Waals surface area contributed by atoms with Gasteiger partial charge in [0.15, 0.2) is 0 Å². The van der Waals surface area contributed by atoms with Gasteiger partial charge >= 0.3 is 0 Å². The van der Waals surface area contributed by atoms with Gasteiger partial charge in [-0.05, 0) is 44.2 Å². The zero-order valence-corrected chi connectivity index (χ0v) is 14.4. The van der Waals surface area contributed by atoms with Crippen LogP contribution in [0.5, 0.6) is 5.75 Å². The Labute approximate surface area is 151 Å². The summed E-state index contributed by atoms with van der Waals surface area (Å²) in [5, 5.41) is 15.7. The number of para-hydroxylation sites is 1. The van der Waals surface area contributed by atoms with Gasteiger partial charge in [-0.2, -0.15) is 5.26 Å². The molecule has 6 nitrogen and oxygen atoms in total. The minimum Gasteiger partial charge on any atom is -0.488 e. The summed E-state index contributed by atoms with van der Waals surface area (Å²) >= 11 is 0. The summed E-state index contributed by atoms with van der Waals surface area (Å²) in [5.74, 6) is 0.841. The Hall–Kier alpha value is -3.59. The van der Waals surface area contributed by atoms with Gasteiger partial charge in [0.05, 0.1) is 28.5 Å². The lowest BCUT2D eigenvalue weighted by molar-refractivity contribution is 0.102. The molecule has 0 bridgehead atoms. The Balaban J connectivity index is 1.78. The summed E-state index contributed by atoms with van der Waals surface area (Å²) in [4.78, 5) is 12.6. The van der Waals surface area contributed by atoms with Gasteiger partial charge in [-0.25, -0.2) is 0 Å². The number of benzene rings is 2. The van der Waals surface area contributed by atoms with Gasteiger partial charge in [0, 0.05) is 5.69 Å². The smallest absolute Gasteiger partial charge is 0.259 e. The maximum absolute atomic E-state index is 12.6. The highest BCUT2D eigenvalue weighted by molar-refractivity contribution is 6.06. The van der Waals surface area contributed by atoms with Crippen LogP contribution in [0, 0.1) is 25.2 Å². The number of aromatic nitrogens is 1. The third-order valence-corrected chi connectivity index (χ3v) is 3.93. The third kappa shape index (κ3) is 3.73. The number of carbonyl (C=O) groups is 1. The second-order valence-corrected chi connectivity index (χ2v) is 5.73. The first-order valence-corrected chi connectivity index (χ1v) is 8.03. The summed E-state index contributed by atoms with van der Waals surface area (Å²) < 4.78 is 11.0. The molecule has 0 aliphatic heterocycles. The Morgan fingerprint density at radius 1 is 1.23 bits per heavy atom. The van der Waals surface area contributed by atoms with E-state index in [2.05, 4.69) is 10.5 Å². The van der Waals surface area contributed by atoms with Crippen LogP contribution in [-0.2, 0) is 6.61 Å². The van der Waals surface area contributed by atoms with Crippen LogP contribution in [0.4, 0.5) is 5.69 Å². The van der Waals surface area contributed by atoms with Crippen LogP contribution in [0.3, 0.4) is 0 Å². The van der Waals surface area contributed by atoms with Crippen molar-refractivity contribution in [1.82, 2.24) is 5.16 Å². The van der Waals surface area contributed by atoms with E-state index in [1.807, 2.05) is 19.9 Å². The van der Waals surface area contributed by atoms with Crippen LogP contribution >= 0.6 is 0 Å². The first-order valence-electron chi connectivity index (χ1n) is 8.03. The maximum atomic E-state index is 12.6. The van der Waals surface area contributed by atoms with E-state index in [0.717, 1.165) is 11.3 Å². The van der Waals surface area contributed by atoms with Gasteiger partial charge < -0.3 is 14.6 Å². The lowest BCUT2D eigenvalue weighted by Gasteiger charge is -2.12. The van der Waals surface area contributed by atoms with E-state index in [1.54, 1.807) is 48.5 Å². The van der Waals surface area contributed by atoms with E-state index in [4.69, 9.17) is 14.5 Å². The highest BCUT2D eigenvalue weighted by Crippen LogP contribution is 2.23. The highest BCUT2D eigenvalue weighted by atomic mass is 16.5. The molecule has 1 N–H and O–H groups in total. The molecule has 0 aliphatic rings. The van der Waals surface area contributed by atoms with E-state index < -0.39 is 0 Å². The van der Waals surface area contributed by atoms with Crippen LogP contribution in [-0.4, -0.2) is 11.1 Å². The predicted molar refractivity (Wildman–Crippen MR) is 95.9 cm³/mol. The van der Waals surface area contributed by atoms with Crippen molar-refractivity contribution in [2.24, 2.45) is 0 Å². The monoisotopic (exact) mass is 347 g/mol. The summed E-state index contributed by atoms with van der Waals surface area (Å²) in [6, 6.07) is 15.8. The van der Waals surface area contributed by atoms with Gasteiger partial charge in [0.1, 0.15) is 18.1 Å². The Bertz CT molecular complexity index is 966. The minimum atomic E-state index is -0.311. The second kappa shape index (κ2) is 7.53. The normalized spacial score (nSPS) is 10.2. The Kier molecular flexibility index (Phi) is 4.99. The van der Waals surface area contributed by atoms with E-state index in [0.29, 0.717) is 28.3 Å². The number of anilines is 1. The topological polar surface area (TPSA) is 88.2 Å². The van der Waals surface area contributed by atoms with Crippen molar-refractivity contribution < 1.29 is 14.1 Å². The summed E-state index contributed by atoms with van der Waals surface area (Å²) in [5.41, 5.74) is 3.06. The van der Waals surface area contributed by atoms with Crippen molar-refractivity contribution in [3.05, 3.63) is 76.7 Å². The number of nitrogens with one attached hydrogen (secondary N) is 1. The van der Waals surface area contributed by atoms with Crippen LogP contribution in [0.15, 0.2) is 53.1 Å². The Morgan fingerprint density at radius 3 is 2.77 bits per heavy atom. The fraction of sp³-hybridized carbons (Fsp3) is 0.150. The molecule has 1 amide bonds. The number of ether oxygens (including phenoxy) is 1. The van der Waals surface area contributed by atoms with Crippen molar-refractivity contribution in [1.29, 1.82) is 5.26 Å². The van der Waals surface area contributed by atoms with E-state index >= 15 is 0 Å². The molecule has 1 aromatic heterocycles. The maximum Gasteiger partial charge on any atom is 0.259 e. The third-order valence-electron chi connectivity index (χ3n) is 3.93. The number of hydrogen-bond acceptors (Lipinski definition) is 5. The van der Waals surface area contributed by atoms with E-state index in [9.17, 15) is 4.79 Å². The molecule has 0 aliphatic carbocycles. The summed E-state index contributed by atoms with van der Waals surface area (Å²) in [7, 11) is 0. The molecule has 0 saturated carbocycles. The number of rotatable bonds is 5. The van der Waals surface area contributed by atoms with Crippen molar-refractivity contribution in [2.45, 2.75) is 20.5 Å². The van der Waals surface area contributed by atoms with Crippen LogP contribution < -0.4 is 10.1 Å². The molecule has 0 saturated heterocycles. The molecule has 6 heteroatoms. The van der Waals surface area contributed by atoms with Gasteiger partial charge in [0.25, 0.3) is 5.91 Å². The van der Waals surface area contributed by atoms with Crippen molar-refractivity contribution in [3.8, 4) is 11.8 Å². The first kappa shape index (κ1) is 17.2. The number of nitriles is 1. The van der Waals surface area contributed by atoms with Crippen molar-refractivity contribution >= 4 is 11.6 Å². The fourth-order valence-electron chi connectivity index (χ4n) is 2.50. The molecule has 0 spiro atoms. The van der Waals surface area contributed by atoms with Gasteiger partial charge in [-0.1, -0.05) is 23.4 Å². The first-order chi connectivity index (χ1) is 12.6. The summed E-state index contributed by atoms with van der Waals surface area (Å²) in [6.07, 6.45) is 0. The standard InChI is InChI=1S/C20H17N3O3/c1-13-18(14(2)26-23-13)12-25-19-9-4-3-8-17(19)20(24)22-16-7-5-6-15(10-16)11-21/h3-10H,12H2,1-2H3,(H,22,24). The van der Waals surface area contributed by atoms with Crippen molar-refractivity contribution in [3.63, 3.8) is 0 Å². The quantitative estimate of drug-likeness (QED) is 0.754. The minimum absolute atomic E-state index is 0.259. The SMILES string of the molecule is Cc1noc(C)c1COc1ccccc1C(=O)Nc1cccc(C#N)c1. The average Bonchev–Trinajstić information content (AvgIpc) is 2.98. The average molecular weight is 347 g/mol. The molecule has 0 radical (unpaired) electrons. The number of nitrogens with zero attached hydrogens (tertiary/aromatic N) is 2. The predicted octanol–water partition coefficient (Wildman–Crippen LogP) is 3.99. The zero-order valence-electron chi connectivity index (χ0n) is 14.4. The van der Waals surface area contributed by atoms with Crippen LogP contribution in [0.2, 0.25) is 0 Å². The number of hydrogen-bond donors (Lipinski definition) is 1. The molecule has 26 heavy (non-hydrogen) atoms. The highest BCUT2D eigenvalue weighted by Gasteiger charge is 2.15. The van der Waals surface area contributed by atoms with Gasteiger partial charge in [0.2, 0.25) is 0 Å². The van der Waals surface area contributed by atoms with Gasteiger partial charge in [-0.15, -0.1) is 0 Å². The van der Waals surface area contributed by atoms with E-state index in [1.165, 1.54) is 0 Å². The molecule has 0 atom stereocenters.